The topological polar surface area (TPSA) is 66.4 Å². The van der Waals surface area contributed by atoms with Crippen molar-refractivity contribution < 1.29 is 14.7 Å². The molecule has 0 bridgehead atoms. The lowest BCUT2D eigenvalue weighted by molar-refractivity contribution is -0.147. The summed E-state index contributed by atoms with van der Waals surface area (Å²) in [4.78, 5) is 22.9. The highest BCUT2D eigenvalue weighted by Crippen LogP contribution is 2.22. The van der Waals surface area contributed by atoms with Crippen molar-refractivity contribution in [3.05, 3.63) is 33.8 Å². The fraction of sp³-hybridized carbons (Fsp3) is 0.429. The molecular formula is C14H17Cl2NO3. The van der Waals surface area contributed by atoms with Crippen LogP contribution in [0.1, 0.15) is 32.3 Å². The Morgan fingerprint density at radius 1 is 1.35 bits per heavy atom. The number of aliphatic carboxylic acids is 1. The Balaban J connectivity index is 2.62. The molecule has 1 aromatic carbocycles. The number of halogens is 2. The molecule has 20 heavy (non-hydrogen) atoms. The molecule has 6 heteroatoms. The number of hydrogen-bond donors (Lipinski definition) is 2. The number of benzene rings is 1. The molecule has 110 valence electrons. The van der Waals surface area contributed by atoms with Gasteiger partial charge in [-0.15, -0.1) is 0 Å². The molecule has 0 saturated carbocycles. The highest BCUT2D eigenvalue weighted by Gasteiger charge is 2.32. The van der Waals surface area contributed by atoms with E-state index >= 15 is 0 Å². The number of amides is 1. The molecule has 1 unspecified atom stereocenters. The summed E-state index contributed by atoms with van der Waals surface area (Å²) in [7, 11) is 0. The normalized spacial score (nSPS) is 13.6. The largest absolute Gasteiger partial charge is 0.480 e. The number of nitrogens with one attached hydrogen (secondary N) is 1. The maximum Gasteiger partial charge on any atom is 0.329 e. The number of hydrogen-bond acceptors (Lipinski definition) is 2. The van der Waals surface area contributed by atoms with E-state index in [1.54, 1.807) is 25.1 Å². The zero-order valence-corrected chi connectivity index (χ0v) is 12.9. The molecule has 0 spiro atoms. The van der Waals surface area contributed by atoms with E-state index in [1.165, 1.54) is 6.92 Å². The Labute approximate surface area is 128 Å². The van der Waals surface area contributed by atoms with Crippen LogP contribution in [0.15, 0.2) is 18.2 Å². The van der Waals surface area contributed by atoms with Crippen molar-refractivity contribution >= 4 is 35.1 Å². The van der Waals surface area contributed by atoms with E-state index in [0.717, 1.165) is 5.56 Å². The summed E-state index contributed by atoms with van der Waals surface area (Å²) in [5.74, 6) is -1.36. The number of carboxylic acid groups (broad SMARTS) is 1. The van der Waals surface area contributed by atoms with Crippen LogP contribution in [-0.2, 0) is 16.0 Å². The Bertz CT molecular complexity index is 519. The van der Waals surface area contributed by atoms with Crippen LogP contribution in [0, 0.1) is 0 Å². The molecule has 1 atom stereocenters. The van der Waals surface area contributed by atoms with Crippen molar-refractivity contribution in [2.45, 2.75) is 38.6 Å². The molecule has 0 saturated heterocycles. The average molecular weight is 318 g/mol. The van der Waals surface area contributed by atoms with Crippen LogP contribution >= 0.6 is 23.2 Å². The predicted molar refractivity (Wildman–Crippen MR) is 79.3 cm³/mol. The molecule has 0 radical (unpaired) electrons. The van der Waals surface area contributed by atoms with Crippen LogP contribution < -0.4 is 5.32 Å². The summed E-state index contributed by atoms with van der Waals surface area (Å²) in [6.45, 7) is 3.20. The monoisotopic (exact) mass is 317 g/mol. The molecule has 0 aromatic heterocycles. The van der Waals surface area contributed by atoms with Gasteiger partial charge >= 0.3 is 5.97 Å². The SMILES string of the molecule is CCC(C)(NC(=O)CCc1ccc(Cl)cc1Cl)C(=O)O. The van der Waals surface area contributed by atoms with Gasteiger partial charge in [-0.3, -0.25) is 4.79 Å². The minimum Gasteiger partial charge on any atom is -0.480 e. The molecule has 0 fully saturated rings. The molecular weight excluding hydrogens is 301 g/mol. The molecule has 0 aliphatic heterocycles. The number of carbonyl (C=O) groups is 2. The lowest BCUT2D eigenvalue weighted by Crippen LogP contribution is -2.51. The van der Waals surface area contributed by atoms with Gasteiger partial charge in [0.1, 0.15) is 5.54 Å². The van der Waals surface area contributed by atoms with Gasteiger partial charge in [0.2, 0.25) is 5.91 Å². The Morgan fingerprint density at radius 2 is 2.00 bits per heavy atom. The van der Waals surface area contributed by atoms with E-state index in [-0.39, 0.29) is 12.3 Å². The van der Waals surface area contributed by atoms with Crippen molar-refractivity contribution in [2.24, 2.45) is 0 Å². The van der Waals surface area contributed by atoms with E-state index in [0.29, 0.717) is 22.9 Å². The van der Waals surface area contributed by atoms with E-state index in [4.69, 9.17) is 28.3 Å². The van der Waals surface area contributed by atoms with Crippen LogP contribution in [0.2, 0.25) is 10.0 Å². The zero-order valence-electron chi connectivity index (χ0n) is 11.4. The summed E-state index contributed by atoms with van der Waals surface area (Å²) < 4.78 is 0. The first-order chi connectivity index (χ1) is 9.28. The van der Waals surface area contributed by atoms with Gasteiger partial charge in [0.25, 0.3) is 0 Å². The van der Waals surface area contributed by atoms with Crippen LogP contribution in [0.5, 0.6) is 0 Å². The highest BCUT2D eigenvalue weighted by molar-refractivity contribution is 6.35. The van der Waals surface area contributed by atoms with E-state index in [2.05, 4.69) is 5.32 Å². The molecule has 1 aromatic rings. The first-order valence-electron chi connectivity index (χ1n) is 6.27. The maximum atomic E-state index is 11.8. The molecule has 1 rings (SSSR count). The molecule has 0 aliphatic carbocycles. The average Bonchev–Trinajstić information content (AvgIpc) is 2.37. The van der Waals surface area contributed by atoms with Crippen molar-refractivity contribution in [1.29, 1.82) is 0 Å². The zero-order chi connectivity index (χ0) is 15.3. The van der Waals surface area contributed by atoms with Gasteiger partial charge in [-0.25, -0.2) is 4.79 Å². The first kappa shape index (κ1) is 16.8. The van der Waals surface area contributed by atoms with Crippen molar-refractivity contribution in [3.8, 4) is 0 Å². The predicted octanol–water partition coefficient (Wildman–Crippen LogP) is 3.30. The third kappa shape index (κ3) is 4.39. The van der Waals surface area contributed by atoms with Crippen molar-refractivity contribution in [2.75, 3.05) is 0 Å². The number of carboxylic acids is 1. The smallest absolute Gasteiger partial charge is 0.329 e. The molecule has 0 heterocycles. The Kier molecular flexibility index (Phi) is 5.84. The fourth-order valence-electron chi connectivity index (χ4n) is 1.64. The summed E-state index contributed by atoms with van der Waals surface area (Å²) in [6.07, 6.45) is 0.918. The van der Waals surface area contributed by atoms with E-state index in [1.807, 2.05) is 0 Å². The van der Waals surface area contributed by atoms with Crippen LogP contribution in [0.25, 0.3) is 0 Å². The second-order valence-electron chi connectivity index (χ2n) is 4.77. The van der Waals surface area contributed by atoms with Gasteiger partial charge in [0.05, 0.1) is 0 Å². The summed E-state index contributed by atoms with van der Waals surface area (Å²) >= 11 is 11.8. The highest BCUT2D eigenvalue weighted by atomic mass is 35.5. The minimum atomic E-state index is -1.24. The summed E-state index contributed by atoms with van der Waals surface area (Å²) in [5, 5.41) is 12.7. The third-order valence-electron chi connectivity index (χ3n) is 3.23. The molecule has 0 aliphatic rings. The Morgan fingerprint density at radius 3 is 2.50 bits per heavy atom. The lowest BCUT2D eigenvalue weighted by atomic mass is 9.98. The maximum absolute atomic E-state index is 11.8. The van der Waals surface area contributed by atoms with Gasteiger partial charge < -0.3 is 10.4 Å². The lowest BCUT2D eigenvalue weighted by Gasteiger charge is -2.24. The second-order valence-corrected chi connectivity index (χ2v) is 5.62. The fourth-order valence-corrected chi connectivity index (χ4v) is 2.14. The van der Waals surface area contributed by atoms with Crippen molar-refractivity contribution in [3.63, 3.8) is 0 Å². The standard InChI is InChI=1S/C14H17Cl2NO3/c1-3-14(2,13(19)20)17-12(18)7-5-9-4-6-10(15)8-11(9)16/h4,6,8H,3,5,7H2,1-2H3,(H,17,18)(H,19,20). The molecule has 1 amide bonds. The third-order valence-corrected chi connectivity index (χ3v) is 3.82. The van der Waals surface area contributed by atoms with Gasteiger partial charge in [-0.05, 0) is 37.5 Å². The van der Waals surface area contributed by atoms with E-state index < -0.39 is 11.5 Å². The second kappa shape index (κ2) is 6.95. The van der Waals surface area contributed by atoms with Gasteiger partial charge in [0.15, 0.2) is 0 Å². The summed E-state index contributed by atoms with van der Waals surface area (Å²) in [5.41, 5.74) is -0.430. The summed E-state index contributed by atoms with van der Waals surface area (Å²) in [6, 6.07) is 5.08. The van der Waals surface area contributed by atoms with E-state index in [9.17, 15) is 9.59 Å². The van der Waals surface area contributed by atoms with Gasteiger partial charge in [0, 0.05) is 16.5 Å². The molecule has 4 nitrogen and oxygen atoms in total. The Hall–Kier alpha value is -1.26. The number of rotatable bonds is 6. The first-order valence-corrected chi connectivity index (χ1v) is 7.02. The van der Waals surface area contributed by atoms with Crippen LogP contribution in [-0.4, -0.2) is 22.5 Å². The number of aryl methyl sites for hydroxylation is 1. The van der Waals surface area contributed by atoms with Gasteiger partial charge in [-0.2, -0.15) is 0 Å². The van der Waals surface area contributed by atoms with Gasteiger partial charge in [-0.1, -0.05) is 36.2 Å². The molecule has 2 N–H and O–H groups in total. The number of carbonyl (C=O) groups excluding carboxylic acids is 1. The quantitative estimate of drug-likeness (QED) is 0.846. The minimum absolute atomic E-state index is 0.171. The van der Waals surface area contributed by atoms with Crippen LogP contribution in [0.4, 0.5) is 0 Å². The van der Waals surface area contributed by atoms with Crippen molar-refractivity contribution in [1.82, 2.24) is 5.32 Å². The van der Waals surface area contributed by atoms with Crippen LogP contribution in [0.3, 0.4) is 0 Å².